The van der Waals surface area contributed by atoms with Gasteiger partial charge in [0.2, 0.25) is 5.89 Å². The first kappa shape index (κ1) is 26.6. The molecule has 0 saturated carbocycles. The average Bonchev–Trinajstić information content (AvgIpc) is 3.31. The number of nitrogens with zero attached hydrogens (tertiary/aromatic N) is 1. The Hall–Kier alpha value is -3.40. The molecule has 4 rings (SSSR count). The lowest BCUT2D eigenvalue weighted by molar-refractivity contribution is -0.123. The zero-order valence-electron chi connectivity index (χ0n) is 20.3. The van der Waals surface area contributed by atoms with Gasteiger partial charge in [0.25, 0.3) is 0 Å². The van der Waals surface area contributed by atoms with Crippen LogP contribution in [0, 0.1) is 0 Å². The summed E-state index contributed by atoms with van der Waals surface area (Å²) in [5.74, 6) is 0.962. The smallest absolute Gasteiger partial charge is 0.231 e. The van der Waals surface area contributed by atoms with Gasteiger partial charge in [0, 0.05) is 0 Å². The molecule has 0 fully saturated rings. The summed E-state index contributed by atoms with van der Waals surface area (Å²) in [5.41, 5.74) is 3.02. The highest BCUT2D eigenvalue weighted by atomic mass is 16.5. The van der Waals surface area contributed by atoms with Crippen LogP contribution in [0.2, 0.25) is 0 Å². The van der Waals surface area contributed by atoms with Crippen molar-refractivity contribution in [1.82, 2.24) is 4.98 Å². The molecule has 4 nitrogen and oxygen atoms in total. The van der Waals surface area contributed by atoms with E-state index in [4.69, 9.17) is 9.15 Å². The predicted octanol–water partition coefficient (Wildman–Crippen LogP) is 8.28. The van der Waals surface area contributed by atoms with E-state index in [1.807, 2.05) is 120 Å². The maximum atomic E-state index is 12.2. The SMILES string of the molecule is CC.CC.CC.CC(=O)C(Oc1ccccc1-c1nc2ccccc2o1)c1ccccc1. The van der Waals surface area contributed by atoms with E-state index in [1.165, 1.54) is 6.92 Å². The van der Waals surface area contributed by atoms with Crippen LogP contribution >= 0.6 is 0 Å². The lowest BCUT2D eigenvalue weighted by Gasteiger charge is -2.18. The van der Waals surface area contributed by atoms with Crippen LogP contribution < -0.4 is 4.74 Å². The number of carbonyl (C=O) groups is 1. The summed E-state index contributed by atoms with van der Waals surface area (Å²) in [5, 5.41) is 0. The van der Waals surface area contributed by atoms with Gasteiger partial charge in [0.15, 0.2) is 17.5 Å². The maximum Gasteiger partial charge on any atom is 0.231 e. The summed E-state index contributed by atoms with van der Waals surface area (Å²) in [7, 11) is 0. The van der Waals surface area contributed by atoms with Crippen molar-refractivity contribution in [2.45, 2.75) is 54.6 Å². The number of Topliss-reactive ketones (excluding diaryl/α,β-unsaturated/α-hetero) is 1. The normalized spacial score (nSPS) is 10.3. The van der Waals surface area contributed by atoms with Crippen LogP contribution in [0.5, 0.6) is 5.75 Å². The van der Waals surface area contributed by atoms with Crippen molar-refractivity contribution in [3.63, 3.8) is 0 Å². The molecule has 0 saturated heterocycles. The van der Waals surface area contributed by atoms with E-state index in [1.54, 1.807) is 0 Å². The summed E-state index contributed by atoms with van der Waals surface area (Å²) < 4.78 is 12.0. The Morgan fingerprint density at radius 1 is 0.781 bits per heavy atom. The van der Waals surface area contributed by atoms with Gasteiger partial charge in [-0.2, -0.15) is 0 Å². The Balaban J connectivity index is 0.000000789. The number of hydrogen-bond donors (Lipinski definition) is 0. The number of para-hydroxylation sites is 3. The quantitative estimate of drug-likeness (QED) is 0.318. The lowest BCUT2D eigenvalue weighted by Crippen LogP contribution is -2.16. The van der Waals surface area contributed by atoms with Crippen LogP contribution in [0.15, 0.2) is 83.3 Å². The molecule has 0 aliphatic rings. The molecule has 170 valence electrons. The molecule has 4 heteroatoms. The van der Waals surface area contributed by atoms with Gasteiger partial charge in [-0.25, -0.2) is 4.98 Å². The molecule has 32 heavy (non-hydrogen) atoms. The third-order valence-corrected chi connectivity index (χ3v) is 4.13. The van der Waals surface area contributed by atoms with Gasteiger partial charge in [0.05, 0.1) is 5.56 Å². The van der Waals surface area contributed by atoms with E-state index in [9.17, 15) is 4.79 Å². The van der Waals surface area contributed by atoms with Gasteiger partial charge >= 0.3 is 0 Å². The molecule has 0 aliphatic heterocycles. The Labute approximate surface area is 192 Å². The predicted molar refractivity (Wildman–Crippen MR) is 134 cm³/mol. The Bertz CT molecular complexity index is 1020. The van der Waals surface area contributed by atoms with Crippen LogP contribution in [0.25, 0.3) is 22.6 Å². The number of aromatic nitrogens is 1. The Kier molecular flexibility index (Phi) is 12.1. The summed E-state index contributed by atoms with van der Waals surface area (Å²) in [6.07, 6.45) is -0.679. The molecule has 0 N–H and O–H groups in total. The molecular weight excluding hydrogens is 398 g/mol. The van der Waals surface area contributed by atoms with E-state index in [-0.39, 0.29) is 5.78 Å². The molecule has 1 heterocycles. The van der Waals surface area contributed by atoms with Crippen LogP contribution in [-0.2, 0) is 4.79 Å². The van der Waals surface area contributed by atoms with Crippen LogP contribution in [0.1, 0.15) is 60.1 Å². The van der Waals surface area contributed by atoms with Crippen molar-refractivity contribution >= 4 is 16.9 Å². The van der Waals surface area contributed by atoms with Crippen molar-refractivity contribution in [1.29, 1.82) is 0 Å². The molecule has 0 bridgehead atoms. The molecule has 1 aromatic heterocycles. The first-order valence-corrected chi connectivity index (χ1v) is 11.4. The molecule has 4 aromatic rings. The monoisotopic (exact) mass is 433 g/mol. The van der Waals surface area contributed by atoms with Gasteiger partial charge in [0.1, 0.15) is 11.3 Å². The van der Waals surface area contributed by atoms with E-state index in [2.05, 4.69) is 4.98 Å². The van der Waals surface area contributed by atoms with Gasteiger partial charge in [-0.05, 0) is 36.8 Å². The number of fused-ring (bicyclic) bond motifs is 1. The number of carbonyl (C=O) groups excluding carboxylic acids is 1. The molecule has 0 aliphatic carbocycles. The van der Waals surface area contributed by atoms with Crippen molar-refractivity contribution in [2.75, 3.05) is 0 Å². The van der Waals surface area contributed by atoms with Crippen molar-refractivity contribution in [3.05, 3.63) is 84.4 Å². The zero-order valence-corrected chi connectivity index (χ0v) is 20.3. The van der Waals surface area contributed by atoms with Gasteiger partial charge < -0.3 is 9.15 Å². The van der Waals surface area contributed by atoms with E-state index in [0.717, 1.165) is 11.1 Å². The Morgan fingerprint density at radius 3 is 1.97 bits per heavy atom. The summed E-state index contributed by atoms with van der Waals surface area (Å²) >= 11 is 0. The molecule has 0 amide bonds. The molecular formula is C28H35NO3. The first-order valence-electron chi connectivity index (χ1n) is 11.4. The molecule has 0 radical (unpaired) electrons. The lowest BCUT2D eigenvalue weighted by atomic mass is 10.1. The number of oxazole rings is 1. The van der Waals surface area contributed by atoms with Crippen LogP contribution in [0.4, 0.5) is 0 Å². The second-order valence-electron chi connectivity index (χ2n) is 6.00. The van der Waals surface area contributed by atoms with Crippen LogP contribution in [-0.4, -0.2) is 10.8 Å². The fraction of sp³-hybridized carbons (Fsp3) is 0.286. The zero-order chi connectivity index (χ0) is 23.9. The van der Waals surface area contributed by atoms with Gasteiger partial charge in [-0.15, -0.1) is 0 Å². The standard InChI is InChI=1S/C22H17NO3.3C2H6/c1-15(24)21(16-9-3-2-4-10-16)25-19-13-7-5-11-17(19)22-23-18-12-6-8-14-20(18)26-22;3*1-2/h2-14,21H,1H3;3*1-2H3. The van der Waals surface area contributed by atoms with E-state index >= 15 is 0 Å². The fourth-order valence-electron chi connectivity index (χ4n) is 2.87. The van der Waals surface area contributed by atoms with E-state index in [0.29, 0.717) is 22.8 Å². The highest BCUT2D eigenvalue weighted by molar-refractivity contribution is 5.83. The number of benzene rings is 3. The highest BCUT2D eigenvalue weighted by Crippen LogP contribution is 2.34. The van der Waals surface area contributed by atoms with Crippen LogP contribution in [0.3, 0.4) is 0 Å². The second-order valence-corrected chi connectivity index (χ2v) is 6.00. The minimum absolute atomic E-state index is 0.0661. The fourth-order valence-corrected chi connectivity index (χ4v) is 2.87. The second kappa shape index (κ2) is 14.6. The number of ether oxygens (including phenoxy) is 1. The van der Waals surface area contributed by atoms with Crippen molar-refractivity contribution in [3.8, 4) is 17.2 Å². The van der Waals surface area contributed by atoms with Gasteiger partial charge in [-0.3, -0.25) is 4.79 Å². The number of ketones is 1. The first-order chi connectivity index (χ1) is 15.7. The minimum atomic E-state index is -0.679. The third-order valence-electron chi connectivity index (χ3n) is 4.13. The van der Waals surface area contributed by atoms with Crippen molar-refractivity contribution < 1.29 is 13.9 Å². The summed E-state index contributed by atoms with van der Waals surface area (Å²) in [4.78, 5) is 16.7. The third kappa shape index (κ3) is 6.81. The maximum absolute atomic E-state index is 12.2. The number of hydrogen-bond acceptors (Lipinski definition) is 4. The molecule has 1 unspecified atom stereocenters. The summed E-state index contributed by atoms with van der Waals surface area (Å²) in [6.45, 7) is 13.5. The number of rotatable bonds is 5. The highest BCUT2D eigenvalue weighted by Gasteiger charge is 2.21. The largest absolute Gasteiger partial charge is 0.477 e. The van der Waals surface area contributed by atoms with Gasteiger partial charge in [-0.1, -0.05) is 96.1 Å². The summed E-state index contributed by atoms with van der Waals surface area (Å²) in [6, 6.07) is 24.5. The molecule has 1 atom stereocenters. The van der Waals surface area contributed by atoms with Crippen molar-refractivity contribution in [2.24, 2.45) is 0 Å². The molecule has 3 aromatic carbocycles. The average molecular weight is 434 g/mol. The Morgan fingerprint density at radius 2 is 1.34 bits per heavy atom. The van der Waals surface area contributed by atoms with E-state index < -0.39 is 6.10 Å². The molecule has 0 spiro atoms. The minimum Gasteiger partial charge on any atom is -0.477 e. The topological polar surface area (TPSA) is 52.3 Å².